The highest BCUT2D eigenvalue weighted by Crippen LogP contribution is 2.70. The van der Waals surface area contributed by atoms with Crippen molar-refractivity contribution in [3.05, 3.63) is 11.6 Å². The molecule has 0 aromatic heterocycles. The number of rotatable bonds is 19. The highest BCUT2D eigenvalue weighted by molar-refractivity contribution is 5.26. The quantitative estimate of drug-likeness (QED) is 0.0535. The highest BCUT2D eigenvalue weighted by Gasteiger charge is 2.68. The fourth-order valence-electron chi connectivity index (χ4n) is 16.5. The number of hydrogen-bond donors (Lipinski definition) is 18. The minimum absolute atomic E-state index is 0.0949. The SMILES string of the molecule is C[C@@H](CC[C@@]1(O)O[C@H]2C[C@H]3[C@@H]4CC=C5C[C@@H](O[C@@H]6O[C@H](CO)[C@H](O[C@@H]7O[C@H](CO)[C@@H](O)[C@H](O[C@@H]8O[C@H](CO)[C@@H](O)[C@H](O)[C@H]8O)[C@H]7O[C@@H]7O[C@H](CO)[C@@H](O)[C@H](O)[C@H]7O)[C@H](O)[C@H]6O)CC[C@]5(C)[C@H]4CC[C@]3(C)[C@H]2[C@@H]1C)CO[C@@H]1O[C@H](CO)[C@@H](O)[C@H](O)[C@H]1O. The molecule has 0 unspecified atom stereocenters. The lowest BCUT2D eigenvalue weighted by Gasteiger charge is -2.58. The molecule has 0 amide bonds. The Balaban J connectivity index is 0.779. The molecular weight excluding hydrogens is 1150 g/mol. The predicted molar refractivity (Wildman–Crippen MR) is 284 cm³/mol. The minimum atomic E-state index is -2.07. The summed E-state index contributed by atoms with van der Waals surface area (Å²) in [6.45, 7) is 4.71. The van der Waals surface area contributed by atoms with Crippen molar-refractivity contribution in [3.8, 4) is 0 Å². The molecule has 86 heavy (non-hydrogen) atoms. The van der Waals surface area contributed by atoms with Crippen molar-refractivity contribution in [2.45, 2.75) is 257 Å². The lowest BCUT2D eigenvalue weighted by molar-refractivity contribution is -0.406. The first-order valence-corrected chi connectivity index (χ1v) is 30.6. The molecule has 3 saturated carbocycles. The molecule has 29 nitrogen and oxygen atoms in total. The van der Waals surface area contributed by atoms with Gasteiger partial charge in [0.15, 0.2) is 37.2 Å². The Bertz CT molecular complexity index is 2250. The fraction of sp³-hybridized carbons (Fsp3) is 0.965. The number of ether oxygens (including phenoxy) is 11. The molecule has 4 aliphatic carbocycles. The molecule has 0 spiro atoms. The Hall–Kier alpha value is -1.42. The van der Waals surface area contributed by atoms with Crippen molar-refractivity contribution in [3.63, 3.8) is 0 Å². The molecule has 10 aliphatic rings. The van der Waals surface area contributed by atoms with Crippen molar-refractivity contribution in [2.75, 3.05) is 39.6 Å². The zero-order chi connectivity index (χ0) is 62.2. The van der Waals surface area contributed by atoms with E-state index in [-0.39, 0.29) is 41.3 Å². The van der Waals surface area contributed by atoms with Crippen molar-refractivity contribution >= 4 is 0 Å². The molecule has 0 radical (unpaired) electrons. The van der Waals surface area contributed by atoms with E-state index in [0.29, 0.717) is 43.4 Å². The first kappa shape index (κ1) is 67.5. The molecule has 10 rings (SSSR count). The average molecular weight is 1240 g/mol. The van der Waals surface area contributed by atoms with E-state index in [1.54, 1.807) is 0 Å². The van der Waals surface area contributed by atoms with Gasteiger partial charge in [-0.15, -0.1) is 0 Å². The van der Waals surface area contributed by atoms with Crippen LogP contribution in [0, 0.1) is 46.3 Å². The van der Waals surface area contributed by atoms with Crippen LogP contribution in [0.3, 0.4) is 0 Å². The smallest absolute Gasteiger partial charge is 0.187 e. The lowest BCUT2D eigenvalue weighted by Crippen LogP contribution is -2.68. The number of aliphatic hydroxyl groups excluding tert-OH is 17. The summed E-state index contributed by atoms with van der Waals surface area (Å²) in [4.78, 5) is 0. The Labute approximate surface area is 497 Å². The summed E-state index contributed by atoms with van der Waals surface area (Å²) >= 11 is 0. The van der Waals surface area contributed by atoms with E-state index in [9.17, 15) is 91.9 Å². The first-order valence-electron chi connectivity index (χ1n) is 30.6. The van der Waals surface area contributed by atoms with Crippen LogP contribution < -0.4 is 0 Å². The van der Waals surface area contributed by atoms with Gasteiger partial charge in [0.1, 0.15) is 122 Å². The second-order valence-electron chi connectivity index (χ2n) is 26.6. The van der Waals surface area contributed by atoms with Gasteiger partial charge in [-0.1, -0.05) is 39.3 Å². The molecule has 6 saturated heterocycles. The molecule has 0 aromatic rings. The Morgan fingerprint density at radius 1 is 0.535 bits per heavy atom. The van der Waals surface area contributed by atoms with Crippen LogP contribution in [-0.2, 0) is 52.1 Å². The van der Waals surface area contributed by atoms with E-state index < -0.39 is 198 Å². The van der Waals surface area contributed by atoms with Crippen molar-refractivity contribution < 1.29 is 144 Å². The summed E-state index contributed by atoms with van der Waals surface area (Å²) in [6, 6.07) is 0. The third-order valence-electron chi connectivity index (χ3n) is 21.7. The zero-order valence-corrected chi connectivity index (χ0v) is 48.8. The van der Waals surface area contributed by atoms with Gasteiger partial charge in [0.25, 0.3) is 0 Å². The van der Waals surface area contributed by atoms with Crippen LogP contribution in [0.15, 0.2) is 11.6 Å². The maximum atomic E-state index is 12.1. The molecule has 6 heterocycles. The minimum Gasteiger partial charge on any atom is -0.394 e. The summed E-state index contributed by atoms with van der Waals surface area (Å²) in [6.07, 6.45) is -35.6. The average Bonchev–Trinajstić information content (AvgIpc) is 1.54. The monoisotopic (exact) mass is 1240 g/mol. The van der Waals surface area contributed by atoms with Gasteiger partial charge >= 0.3 is 0 Å². The fourth-order valence-corrected chi connectivity index (χ4v) is 16.5. The zero-order valence-electron chi connectivity index (χ0n) is 48.8. The summed E-state index contributed by atoms with van der Waals surface area (Å²) in [5.74, 6) is -0.470. The van der Waals surface area contributed by atoms with Crippen molar-refractivity contribution in [2.24, 2.45) is 46.3 Å². The van der Waals surface area contributed by atoms with Crippen LogP contribution in [-0.4, -0.2) is 303 Å². The van der Waals surface area contributed by atoms with E-state index in [4.69, 9.17) is 52.1 Å². The number of hydrogen-bond acceptors (Lipinski definition) is 29. The Morgan fingerprint density at radius 2 is 1.02 bits per heavy atom. The molecule has 0 bridgehead atoms. The van der Waals surface area contributed by atoms with E-state index in [2.05, 4.69) is 26.8 Å². The van der Waals surface area contributed by atoms with Crippen molar-refractivity contribution in [1.29, 1.82) is 0 Å². The van der Waals surface area contributed by atoms with Gasteiger partial charge < -0.3 is 144 Å². The molecule has 0 aromatic carbocycles. The standard InChI is InChI=1S/C57H94O29/c1-21(20-76-50-43(71)39(67)35(63)29(15-58)78-50)7-12-57(75)22(2)34-28(86-57)14-27-25-6-5-23-13-24(8-10-55(23,3)26(25)9-11-56(27,34)4)77-51-46(74)42(70)47(33(19-62)82-51)83-54-49(85-53-45(73)41(69)37(65)31(17-60)80-53)48(38(66)32(18-61)81-54)84-52-44(72)40(68)36(64)30(16-59)79-52/h5,21-22,24-54,58-75H,6-20H2,1-4H3/t21-,22-,24-,25+,26-,27-,28-,29+,30+,31+,32+,33+,34-,35+,36+,37+,38+,39-,40-,41-,42+,43+,44+,45+,46+,47-,48-,49+,50+,51+,52-,53-,54-,55-,56-,57+/m0/s1. The largest absolute Gasteiger partial charge is 0.394 e. The van der Waals surface area contributed by atoms with E-state index >= 15 is 0 Å². The van der Waals surface area contributed by atoms with Gasteiger partial charge in [0, 0.05) is 12.3 Å². The maximum absolute atomic E-state index is 12.1. The molecule has 6 aliphatic heterocycles. The summed E-state index contributed by atoms with van der Waals surface area (Å²) < 4.78 is 65.9. The van der Waals surface area contributed by atoms with Crippen LogP contribution in [0.5, 0.6) is 0 Å². The second kappa shape index (κ2) is 26.9. The normalized spacial score (nSPS) is 54.3. The third kappa shape index (κ3) is 12.3. The second-order valence-corrected chi connectivity index (χ2v) is 26.6. The van der Waals surface area contributed by atoms with Crippen LogP contribution in [0.4, 0.5) is 0 Å². The Kier molecular flexibility index (Phi) is 21.1. The topological polar surface area (TPSA) is 466 Å². The van der Waals surface area contributed by atoms with Crippen molar-refractivity contribution in [1.82, 2.24) is 0 Å². The summed E-state index contributed by atoms with van der Waals surface area (Å²) in [5.41, 5.74) is 0.939. The van der Waals surface area contributed by atoms with Gasteiger partial charge in [-0.2, -0.15) is 0 Å². The van der Waals surface area contributed by atoms with Gasteiger partial charge in [-0.3, -0.25) is 0 Å². The van der Waals surface area contributed by atoms with E-state index in [1.807, 2.05) is 6.92 Å². The van der Waals surface area contributed by atoms with E-state index in [1.165, 1.54) is 5.57 Å². The van der Waals surface area contributed by atoms with Gasteiger partial charge in [-0.05, 0) is 91.8 Å². The van der Waals surface area contributed by atoms with E-state index in [0.717, 1.165) is 32.1 Å². The molecule has 36 atom stereocenters. The van der Waals surface area contributed by atoms with Crippen LogP contribution in [0.25, 0.3) is 0 Å². The van der Waals surface area contributed by atoms with Crippen LogP contribution in [0.1, 0.15) is 85.5 Å². The summed E-state index contributed by atoms with van der Waals surface area (Å²) in [7, 11) is 0. The van der Waals surface area contributed by atoms with Crippen LogP contribution in [0.2, 0.25) is 0 Å². The number of allylic oxidation sites excluding steroid dienone is 1. The highest BCUT2D eigenvalue weighted by atomic mass is 16.8. The van der Waals surface area contributed by atoms with Gasteiger partial charge in [0.05, 0.1) is 51.8 Å². The summed E-state index contributed by atoms with van der Waals surface area (Å²) in [5, 5.41) is 193. The molecular formula is C57H94O29. The number of fused-ring (bicyclic) bond motifs is 7. The number of aliphatic hydroxyl groups is 18. The molecule has 9 fully saturated rings. The maximum Gasteiger partial charge on any atom is 0.187 e. The third-order valence-corrected chi connectivity index (χ3v) is 21.7. The Morgan fingerprint density at radius 3 is 1.60 bits per heavy atom. The first-order chi connectivity index (χ1) is 40.8. The van der Waals surface area contributed by atoms with Crippen LogP contribution >= 0.6 is 0 Å². The lowest BCUT2D eigenvalue weighted by atomic mass is 9.47. The molecule has 18 N–H and O–H groups in total. The molecule has 29 heteroatoms. The molecule has 496 valence electrons. The van der Waals surface area contributed by atoms with Gasteiger partial charge in [-0.25, -0.2) is 0 Å². The van der Waals surface area contributed by atoms with Gasteiger partial charge in [0.2, 0.25) is 0 Å². The predicted octanol–water partition coefficient (Wildman–Crippen LogP) is -6.21.